The van der Waals surface area contributed by atoms with Crippen LogP contribution in [0.1, 0.15) is 16.8 Å². The number of azo groups is 1. The first-order valence-electron chi connectivity index (χ1n) is 6.58. The zero-order chi connectivity index (χ0) is 14.1. The number of hydrogen-bond acceptors (Lipinski definition) is 3. The van der Waals surface area contributed by atoms with Crippen LogP contribution in [-0.4, -0.2) is 9.38 Å². The molecule has 0 bridgehead atoms. The van der Waals surface area contributed by atoms with Crippen molar-refractivity contribution >= 4 is 17.2 Å². The highest BCUT2D eigenvalue weighted by Gasteiger charge is 2.07. The number of pyridine rings is 1. The van der Waals surface area contributed by atoms with Crippen LogP contribution in [0.25, 0.3) is 5.65 Å². The molecule has 0 saturated carbocycles. The van der Waals surface area contributed by atoms with Crippen molar-refractivity contribution in [1.82, 2.24) is 9.38 Å². The van der Waals surface area contributed by atoms with E-state index in [0.29, 0.717) is 0 Å². The average Bonchev–Trinajstić information content (AvgIpc) is 2.73. The summed E-state index contributed by atoms with van der Waals surface area (Å²) < 4.78 is 1.98. The summed E-state index contributed by atoms with van der Waals surface area (Å²) in [7, 11) is 0. The second-order valence-corrected chi connectivity index (χ2v) is 4.94. The smallest absolute Gasteiger partial charge is 0.182 e. The molecule has 0 aliphatic rings. The van der Waals surface area contributed by atoms with Gasteiger partial charge >= 0.3 is 0 Å². The van der Waals surface area contributed by atoms with Gasteiger partial charge in [-0.05, 0) is 44.0 Å². The minimum Gasteiger partial charge on any atom is -0.283 e. The van der Waals surface area contributed by atoms with Crippen LogP contribution in [0, 0.1) is 20.8 Å². The monoisotopic (exact) mass is 264 g/mol. The van der Waals surface area contributed by atoms with Crippen molar-refractivity contribution in [1.29, 1.82) is 0 Å². The molecule has 0 fully saturated rings. The summed E-state index contributed by atoms with van der Waals surface area (Å²) in [5.41, 5.74) is 4.94. The number of fused-ring (bicyclic) bond motifs is 1. The van der Waals surface area contributed by atoms with E-state index >= 15 is 0 Å². The van der Waals surface area contributed by atoms with Gasteiger partial charge in [-0.3, -0.25) is 4.40 Å². The third-order valence-corrected chi connectivity index (χ3v) is 3.28. The SMILES string of the molecule is Cc1ccc2nc(C)c(N=Nc3ccccc3C)n2c1. The van der Waals surface area contributed by atoms with Crippen molar-refractivity contribution in [3.05, 3.63) is 59.4 Å². The van der Waals surface area contributed by atoms with Crippen LogP contribution in [0.5, 0.6) is 0 Å². The van der Waals surface area contributed by atoms with Crippen molar-refractivity contribution in [2.45, 2.75) is 20.8 Å². The third-order valence-electron chi connectivity index (χ3n) is 3.28. The predicted octanol–water partition coefficient (Wildman–Crippen LogP) is 4.67. The van der Waals surface area contributed by atoms with Gasteiger partial charge < -0.3 is 0 Å². The summed E-state index contributed by atoms with van der Waals surface area (Å²) in [5, 5.41) is 8.74. The van der Waals surface area contributed by atoms with Gasteiger partial charge in [-0.1, -0.05) is 24.3 Å². The second kappa shape index (κ2) is 4.89. The summed E-state index contributed by atoms with van der Waals surface area (Å²) in [6, 6.07) is 12.0. The standard InChI is InChI=1S/C16H16N4/c1-11-8-9-15-17-13(3)16(20(15)10-11)19-18-14-7-5-4-6-12(14)2/h4-10H,1-3H3. The summed E-state index contributed by atoms with van der Waals surface area (Å²) in [6.07, 6.45) is 2.03. The number of hydrogen-bond donors (Lipinski definition) is 0. The molecule has 1 aromatic carbocycles. The molecular weight excluding hydrogens is 248 g/mol. The van der Waals surface area contributed by atoms with E-state index in [0.717, 1.165) is 28.4 Å². The average molecular weight is 264 g/mol. The van der Waals surface area contributed by atoms with Crippen LogP contribution in [-0.2, 0) is 0 Å². The van der Waals surface area contributed by atoms with E-state index in [-0.39, 0.29) is 0 Å². The molecule has 2 heterocycles. The first-order valence-corrected chi connectivity index (χ1v) is 6.58. The fourth-order valence-electron chi connectivity index (χ4n) is 2.15. The highest BCUT2D eigenvalue weighted by Crippen LogP contribution is 2.25. The Hall–Kier alpha value is -2.49. The lowest BCUT2D eigenvalue weighted by atomic mass is 10.2. The van der Waals surface area contributed by atoms with Crippen molar-refractivity contribution in [2.24, 2.45) is 10.2 Å². The number of aryl methyl sites for hydroxylation is 3. The van der Waals surface area contributed by atoms with Gasteiger partial charge in [0.15, 0.2) is 5.82 Å². The Labute approximate surface area is 117 Å². The molecule has 20 heavy (non-hydrogen) atoms. The lowest BCUT2D eigenvalue weighted by Gasteiger charge is -1.99. The van der Waals surface area contributed by atoms with Gasteiger partial charge in [0.2, 0.25) is 0 Å². The zero-order valence-corrected chi connectivity index (χ0v) is 11.8. The molecular formula is C16H16N4. The van der Waals surface area contributed by atoms with Gasteiger partial charge in [-0.15, -0.1) is 10.2 Å². The van der Waals surface area contributed by atoms with Gasteiger partial charge in [0.05, 0.1) is 11.4 Å². The largest absolute Gasteiger partial charge is 0.283 e. The lowest BCUT2D eigenvalue weighted by Crippen LogP contribution is -1.84. The number of aromatic nitrogens is 2. The molecule has 100 valence electrons. The summed E-state index contributed by atoms with van der Waals surface area (Å²) in [5.74, 6) is 0.784. The topological polar surface area (TPSA) is 42.0 Å². The number of benzene rings is 1. The maximum Gasteiger partial charge on any atom is 0.182 e. The van der Waals surface area contributed by atoms with Gasteiger partial charge in [-0.25, -0.2) is 4.98 Å². The molecule has 3 aromatic rings. The molecule has 0 saturated heterocycles. The molecule has 3 rings (SSSR count). The molecule has 0 unspecified atom stereocenters. The van der Waals surface area contributed by atoms with Crippen molar-refractivity contribution in [3.63, 3.8) is 0 Å². The quantitative estimate of drug-likeness (QED) is 0.620. The first kappa shape index (κ1) is 12.5. The van der Waals surface area contributed by atoms with E-state index in [9.17, 15) is 0 Å². The van der Waals surface area contributed by atoms with E-state index < -0.39 is 0 Å². The Morgan fingerprint density at radius 3 is 2.55 bits per heavy atom. The maximum absolute atomic E-state index is 4.50. The zero-order valence-electron chi connectivity index (χ0n) is 11.8. The Kier molecular flexibility index (Phi) is 3.06. The number of nitrogens with zero attached hydrogens (tertiary/aromatic N) is 4. The highest BCUT2D eigenvalue weighted by molar-refractivity contribution is 5.53. The van der Waals surface area contributed by atoms with Crippen molar-refractivity contribution < 1.29 is 0 Å². The maximum atomic E-state index is 4.50. The minimum atomic E-state index is 0.784. The van der Waals surface area contributed by atoms with Crippen LogP contribution in [0.2, 0.25) is 0 Å². The lowest BCUT2D eigenvalue weighted by molar-refractivity contribution is 1.08. The normalized spacial score (nSPS) is 11.6. The third kappa shape index (κ3) is 2.20. The van der Waals surface area contributed by atoms with E-state index in [1.165, 1.54) is 5.56 Å². The van der Waals surface area contributed by atoms with Crippen LogP contribution in [0.3, 0.4) is 0 Å². The van der Waals surface area contributed by atoms with E-state index in [4.69, 9.17) is 0 Å². The van der Waals surface area contributed by atoms with Crippen molar-refractivity contribution in [3.8, 4) is 0 Å². The van der Waals surface area contributed by atoms with Crippen LogP contribution in [0.4, 0.5) is 11.5 Å². The molecule has 0 radical (unpaired) electrons. The van der Waals surface area contributed by atoms with E-state index in [1.54, 1.807) is 0 Å². The van der Waals surface area contributed by atoms with Gasteiger partial charge in [0, 0.05) is 6.20 Å². The van der Waals surface area contributed by atoms with Crippen LogP contribution < -0.4 is 0 Å². The summed E-state index contributed by atoms with van der Waals surface area (Å²) in [4.78, 5) is 4.50. The molecule has 0 spiro atoms. The molecule has 4 heteroatoms. The Morgan fingerprint density at radius 2 is 1.75 bits per heavy atom. The van der Waals surface area contributed by atoms with E-state index in [1.807, 2.05) is 60.8 Å². The van der Waals surface area contributed by atoms with Gasteiger partial charge in [0.1, 0.15) is 5.65 Å². The van der Waals surface area contributed by atoms with Crippen LogP contribution in [0.15, 0.2) is 52.8 Å². The van der Waals surface area contributed by atoms with E-state index in [2.05, 4.69) is 22.1 Å². The van der Waals surface area contributed by atoms with Gasteiger partial charge in [0.25, 0.3) is 0 Å². The van der Waals surface area contributed by atoms with Gasteiger partial charge in [-0.2, -0.15) is 0 Å². The molecule has 0 N–H and O–H groups in total. The second-order valence-electron chi connectivity index (χ2n) is 4.94. The summed E-state index contributed by atoms with van der Waals surface area (Å²) in [6.45, 7) is 6.03. The highest BCUT2D eigenvalue weighted by atomic mass is 15.2. The predicted molar refractivity (Wildman–Crippen MR) is 80.0 cm³/mol. The summed E-state index contributed by atoms with van der Waals surface area (Å²) >= 11 is 0. The fourth-order valence-corrected chi connectivity index (χ4v) is 2.15. The number of imidazole rings is 1. The van der Waals surface area contributed by atoms with Crippen molar-refractivity contribution in [2.75, 3.05) is 0 Å². The molecule has 0 aliphatic heterocycles. The van der Waals surface area contributed by atoms with Crippen LogP contribution >= 0.6 is 0 Å². The molecule has 0 amide bonds. The fraction of sp³-hybridized carbons (Fsp3) is 0.188. The Balaban J connectivity index is 2.09. The molecule has 0 atom stereocenters. The Bertz CT molecular complexity index is 799. The first-order chi connectivity index (χ1) is 9.65. The number of rotatable bonds is 2. The molecule has 0 aliphatic carbocycles. The molecule has 2 aromatic heterocycles. The molecule has 4 nitrogen and oxygen atoms in total. The minimum absolute atomic E-state index is 0.784. The Morgan fingerprint density at radius 1 is 0.950 bits per heavy atom.